The smallest absolute Gasteiger partial charge is 0.339 e. The first-order chi connectivity index (χ1) is 8.97. The molecule has 1 fully saturated rings. The van der Waals surface area contributed by atoms with Crippen LogP contribution in [0.25, 0.3) is 0 Å². The lowest BCUT2D eigenvalue weighted by Gasteiger charge is -2.15. The number of hydrogen-bond acceptors (Lipinski definition) is 4. The van der Waals surface area contributed by atoms with Crippen molar-refractivity contribution in [1.82, 2.24) is 10.2 Å². The van der Waals surface area contributed by atoms with Crippen LogP contribution in [-0.2, 0) is 6.54 Å². The van der Waals surface area contributed by atoms with Gasteiger partial charge in [-0.3, -0.25) is 0 Å². The number of likely N-dealkylation sites (tertiary alicyclic amines) is 1. The Morgan fingerprint density at radius 2 is 2.37 bits per heavy atom. The van der Waals surface area contributed by atoms with E-state index in [1.807, 2.05) is 0 Å². The van der Waals surface area contributed by atoms with Crippen molar-refractivity contribution in [3.05, 3.63) is 23.2 Å². The van der Waals surface area contributed by atoms with Crippen LogP contribution in [0.3, 0.4) is 0 Å². The van der Waals surface area contributed by atoms with Crippen LogP contribution in [0.2, 0.25) is 0 Å². The number of furan rings is 1. The van der Waals surface area contributed by atoms with E-state index in [9.17, 15) is 9.59 Å². The summed E-state index contributed by atoms with van der Waals surface area (Å²) in [6.45, 7) is 2.93. The van der Waals surface area contributed by atoms with Crippen LogP contribution in [0.5, 0.6) is 0 Å². The minimum absolute atomic E-state index is 0.0372. The predicted octanol–water partition coefficient (Wildman–Crippen LogP) is 0.529. The van der Waals surface area contributed by atoms with Crippen molar-refractivity contribution in [1.29, 1.82) is 0 Å². The molecule has 0 bridgehead atoms. The number of carbonyl (C=O) groups is 2. The third-order valence-corrected chi connectivity index (χ3v) is 3.12. The summed E-state index contributed by atoms with van der Waals surface area (Å²) in [5, 5.41) is 11.6. The monoisotopic (exact) mass is 267 g/mol. The number of aromatic carboxylic acids is 1. The number of nitrogens with zero attached hydrogens (tertiary/aromatic N) is 1. The summed E-state index contributed by atoms with van der Waals surface area (Å²) in [5.74, 6) is -0.281. The molecule has 1 aromatic rings. The number of hydrogen-bond donors (Lipinski definition) is 3. The van der Waals surface area contributed by atoms with E-state index < -0.39 is 5.97 Å². The van der Waals surface area contributed by atoms with Gasteiger partial charge in [0.25, 0.3) is 0 Å². The first-order valence-electron chi connectivity index (χ1n) is 6.08. The van der Waals surface area contributed by atoms with E-state index in [1.54, 1.807) is 11.8 Å². The summed E-state index contributed by atoms with van der Waals surface area (Å²) in [6.07, 6.45) is 0.802. The highest BCUT2D eigenvalue weighted by Crippen LogP contribution is 2.14. The Kier molecular flexibility index (Phi) is 3.75. The SMILES string of the molecule is Cc1oc(CNC(=O)N2CCC(N)C2)cc1C(=O)O. The quantitative estimate of drug-likeness (QED) is 0.740. The summed E-state index contributed by atoms with van der Waals surface area (Å²) in [7, 11) is 0. The standard InChI is InChI=1S/C12H17N3O4/c1-7-10(11(16)17)4-9(19-7)5-14-12(18)15-3-2-8(13)6-15/h4,8H,2-3,5-6,13H2,1H3,(H,14,18)(H,16,17). The number of carboxylic acids is 1. The topological polar surface area (TPSA) is 109 Å². The first-order valence-corrected chi connectivity index (χ1v) is 6.08. The molecule has 2 rings (SSSR count). The molecule has 4 N–H and O–H groups in total. The molecule has 1 aromatic heterocycles. The molecule has 1 saturated heterocycles. The van der Waals surface area contributed by atoms with E-state index >= 15 is 0 Å². The van der Waals surface area contributed by atoms with E-state index in [-0.39, 0.29) is 24.2 Å². The molecule has 19 heavy (non-hydrogen) atoms. The fraction of sp³-hybridized carbons (Fsp3) is 0.500. The maximum Gasteiger partial charge on any atom is 0.339 e. The zero-order valence-electron chi connectivity index (χ0n) is 10.7. The highest BCUT2D eigenvalue weighted by molar-refractivity contribution is 5.88. The van der Waals surface area contributed by atoms with Gasteiger partial charge in [0.1, 0.15) is 17.1 Å². The average molecular weight is 267 g/mol. The van der Waals surface area contributed by atoms with Crippen molar-refractivity contribution in [2.75, 3.05) is 13.1 Å². The molecule has 0 radical (unpaired) electrons. The number of carboxylic acid groups (broad SMARTS) is 1. The molecule has 0 aliphatic carbocycles. The second-order valence-electron chi connectivity index (χ2n) is 4.64. The van der Waals surface area contributed by atoms with Gasteiger partial charge in [-0.05, 0) is 19.4 Å². The maximum atomic E-state index is 11.8. The normalized spacial score (nSPS) is 18.6. The molecule has 1 aliphatic heterocycles. The Hall–Kier alpha value is -2.02. The van der Waals surface area contributed by atoms with Crippen LogP contribution in [-0.4, -0.2) is 41.1 Å². The molecular weight excluding hydrogens is 250 g/mol. The zero-order valence-corrected chi connectivity index (χ0v) is 10.7. The van der Waals surface area contributed by atoms with Crippen molar-refractivity contribution in [3.8, 4) is 0 Å². The molecule has 2 heterocycles. The van der Waals surface area contributed by atoms with Gasteiger partial charge in [0, 0.05) is 19.1 Å². The number of nitrogens with two attached hydrogens (primary N) is 1. The fourth-order valence-corrected chi connectivity index (χ4v) is 2.09. The van der Waals surface area contributed by atoms with E-state index in [4.69, 9.17) is 15.3 Å². The van der Waals surface area contributed by atoms with Crippen LogP contribution in [0.1, 0.15) is 28.3 Å². The molecule has 0 saturated carbocycles. The predicted molar refractivity (Wildman–Crippen MR) is 66.8 cm³/mol. The maximum absolute atomic E-state index is 11.8. The van der Waals surface area contributed by atoms with Gasteiger partial charge in [0.2, 0.25) is 0 Å². The van der Waals surface area contributed by atoms with Crippen LogP contribution in [0.15, 0.2) is 10.5 Å². The van der Waals surface area contributed by atoms with Crippen LogP contribution in [0, 0.1) is 6.92 Å². The molecule has 0 spiro atoms. The largest absolute Gasteiger partial charge is 0.478 e. The van der Waals surface area contributed by atoms with Gasteiger partial charge in [-0.25, -0.2) is 9.59 Å². The van der Waals surface area contributed by atoms with Gasteiger partial charge in [-0.2, -0.15) is 0 Å². The second-order valence-corrected chi connectivity index (χ2v) is 4.64. The van der Waals surface area contributed by atoms with Crippen molar-refractivity contribution < 1.29 is 19.1 Å². The lowest BCUT2D eigenvalue weighted by atomic mass is 10.2. The molecule has 1 unspecified atom stereocenters. The summed E-state index contributed by atoms with van der Waals surface area (Å²) >= 11 is 0. The lowest BCUT2D eigenvalue weighted by molar-refractivity contribution is 0.0695. The Morgan fingerprint density at radius 1 is 1.63 bits per heavy atom. The second kappa shape index (κ2) is 5.31. The average Bonchev–Trinajstić information content (AvgIpc) is 2.92. The molecule has 104 valence electrons. The highest BCUT2D eigenvalue weighted by Gasteiger charge is 2.23. The van der Waals surface area contributed by atoms with Gasteiger partial charge < -0.3 is 25.5 Å². The number of urea groups is 1. The zero-order chi connectivity index (χ0) is 14.0. The highest BCUT2D eigenvalue weighted by atomic mass is 16.4. The van der Waals surface area contributed by atoms with Gasteiger partial charge in [0.05, 0.1) is 6.54 Å². The molecule has 1 atom stereocenters. The molecule has 2 amide bonds. The summed E-state index contributed by atoms with van der Waals surface area (Å²) in [6, 6.07) is 1.25. The van der Waals surface area contributed by atoms with Crippen molar-refractivity contribution in [2.45, 2.75) is 25.9 Å². The summed E-state index contributed by atoms with van der Waals surface area (Å²) in [5.41, 5.74) is 5.84. The van der Waals surface area contributed by atoms with E-state index in [0.717, 1.165) is 6.42 Å². The van der Waals surface area contributed by atoms with Crippen LogP contribution < -0.4 is 11.1 Å². The summed E-state index contributed by atoms with van der Waals surface area (Å²) in [4.78, 5) is 24.3. The molecule has 7 nitrogen and oxygen atoms in total. The third kappa shape index (κ3) is 3.05. The minimum atomic E-state index is -1.04. The van der Waals surface area contributed by atoms with Gasteiger partial charge in [0.15, 0.2) is 0 Å². The van der Waals surface area contributed by atoms with E-state index in [2.05, 4.69) is 5.32 Å². The van der Waals surface area contributed by atoms with Crippen molar-refractivity contribution in [2.24, 2.45) is 5.73 Å². The Labute approximate surface area is 110 Å². The molecule has 1 aliphatic rings. The third-order valence-electron chi connectivity index (χ3n) is 3.12. The number of aryl methyl sites for hydroxylation is 1. The van der Waals surface area contributed by atoms with Gasteiger partial charge in [-0.1, -0.05) is 0 Å². The first kappa shape index (κ1) is 13.4. The van der Waals surface area contributed by atoms with Crippen molar-refractivity contribution >= 4 is 12.0 Å². The number of nitrogens with one attached hydrogen (secondary N) is 1. The number of carbonyl (C=O) groups excluding carboxylic acids is 1. The summed E-state index contributed by atoms with van der Waals surface area (Å²) < 4.78 is 5.27. The van der Waals surface area contributed by atoms with Crippen molar-refractivity contribution in [3.63, 3.8) is 0 Å². The molecule has 0 aromatic carbocycles. The van der Waals surface area contributed by atoms with E-state index in [0.29, 0.717) is 24.6 Å². The lowest BCUT2D eigenvalue weighted by Crippen LogP contribution is -2.39. The number of rotatable bonds is 3. The van der Waals surface area contributed by atoms with Crippen LogP contribution >= 0.6 is 0 Å². The molecule has 7 heteroatoms. The molecular formula is C12H17N3O4. The Balaban J connectivity index is 1.90. The number of amides is 2. The van der Waals surface area contributed by atoms with E-state index in [1.165, 1.54) is 6.07 Å². The fourth-order valence-electron chi connectivity index (χ4n) is 2.09. The minimum Gasteiger partial charge on any atom is -0.478 e. The Morgan fingerprint density at radius 3 is 2.89 bits per heavy atom. The Bertz CT molecular complexity index is 497. The van der Waals surface area contributed by atoms with Gasteiger partial charge in [-0.15, -0.1) is 0 Å². The van der Waals surface area contributed by atoms with Gasteiger partial charge >= 0.3 is 12.0 Å². The van der Waals surface area contributed by atoms with Crippen LogP contribution in [0.4, 0.5) is 4.79 Å².